The van der Waals surface area contributed by atoms with Gasteiger partial charge in [0.1, 0.15) is 24.9 Å². The number of likely N-dealkylation sites (N-methyl/N-ethyl adjacent to an activating group) is 1. The SMILES string of the molecule is C[N+]1([O-])Cc2ccccc2OC(CCN2CCNCC2)C1.O=C(O)/C=C/C(=O)O. The molecule has 9 nitrogen and oxygen atoms in total. The number of carboxylic acids is 2. The topological polar surface area (TPSA) is 122 Å². The summed E-state index contributed by atoms with van der Waals surface area (Å²) in [7, 11) is 1.75. The minimum Gasteiger partial charge on any atom is -0.633 e. The van der Waals surface area contributed by atoms with Gasteiger partial charge in [-0.15, -0.1) is 0 Å². The van der Waals surface area contributed by atoms with Crippen LogP contribution in [-0.4, -0.2) is 84.1 Å². The minimum absolute atomic E-state index is 0.00559. The molecule has 0 aliphatic carbocycles. The number of hydroxylamine groups is 3. The van der Waals surface area contributed by atoms with Gasteiger partial charge < -0.3 is 35.0 Å². The molecule has 1 aromatic carbocycles. The van der Waals surface area contributed by atoms with Gasteiger partial charge >= 0.3 is 11.9 Å². The van der Waals surface area contributed by atoms with Crippen LogP contribution in [0.3, 0.4) is 0 Å². The number of aliphatic carboxylic acids is 2. The van der Waals surface area contributed by atoms with Crippen LogP contribution in [0.25, 0.3) is 0 Å². The zero-order valence-electron chi connectivity index (χ0n) is 16.6. The molecule has 1 aromatic rings. The molecule has 0 radical (unpaired) electrons. The molecule has 0 aromatic heterocycles. The number of nitrogens with zero attached hydrogens (tertiary/aromatic N) is 2. The smallest absolute Gasteiger partial charge is 0.328 e. The van der Waals surface area contributed by atoms with E-state index in [1.165, 1.54) is 0 Å². The van der Waals surface area contributed by atoms with Crippen LogP contribution in [0.15, 0.2) is 36.4 Å². The standard InChI is InChI=1S/C16H25N3O2.C4H4O4/c1-19(20)12-14-4-2-3-5-16(14)21-15(13-19)6-9-18-10-7-17-8-11-18;5-3(6)1-2-4(7)8/h2-5,15,17H,6-13H2,1H3;1-2H,(H,5,6)(H,7,8)/b;2-1+. The quantitative estimate of drug-likeness (QED) is 0.374. The van der Waals surface area contributed by atoms with Gasteiger partial charge in [0.25, 0.3) is 0 Å². The highest BCUT2D eigenvalue weighted by atomic mass is 16.6. The van der Waals surface area contributed by atoms with Gasteiger partial charge in [0.15, 0.2) is 0 Å². The molecule has 2 heterocycles. The second-order valence-corrected chi connectivity index (χ2v) is 7.38. The van der Waals surface area contributed by atoms with E-state index in [9.17, 15) is 14.8 Å². The lowest BCUT2D eigenvalue weighted by Crippen LogP contribution is -2.47. The molecule has 1 fully saturated rings. The highest BCUT2D eigenvalue weighted by Gasteiger charge is 2.27. The van der Waals surface area contributed by atoms with Crippen molar-refractivity contribution in [3.63, 3.8) is 0 Å². The molecular weight excluding hydrogens is 378 g/mol. The number of fused-ring (bicyclic) bond motifs is 1. The fraction of sp³-hybridized carbons (Fsp3) is 0.500. The molecule has 2 aliphatic heterocycles. The van der Waals surface area contributed by atoms with E-state index in [-0.39, 0.29) is 10.8 Å². The summed E-state index contributed by atoms with van der Waals surface area (Å²) in [6, 6.07) is 7.94. The summed E-state index contributed by atoms with van der Waals surface area (Å²) in [5, 5.41) is 31.6. The summed E-state index contributed by atoms with van der Waals surface area (Å²) < 4.78 is 5.88. The summed E-state index contributed by atoms with van der Waals surface area (Å²) in [4.78, 5) is 21.6. The predicted octanol–water partition coefficient (Wildman–Crippen LogP) is 0.899. The third kappa shape index (κ3) is 8.61. The summed E-state index contributed by atoms with van der Waals surface area (Å²) in [6.45, 7) is 6.34. The molecule has 2 atom stereocenters. The number of para-hydroxylation sites is 1. The third-order valence-corrected chi connectivity index (χ3v) is 4.71. The molecule has 2 aliphatic rings. The lowest BCUT2D eigenvalue weighted by Gasteiger charge is -2.39. The molecular formula is C20H29N3O6. The van der Waals surface area contributed by atoms with Gasteiger partial charge in [0.05, 0.1) is 7.05 Å². The molecule has 0 amide bonds. The van der Waals surface area contributed by atoms with Gasteiger partial charge in [-0.25, -0.2) is 9.59 Å². The number of benzene rings is 1. The number of rotatable bonds is 5. The van der Waals surface area contributed by atoms with E-state index < -0.39 is 11.9 Å². The Morgan fingerprint density at radius 3 is 2.48 bits per heavy atom. The van der Waals surface area contributed by atoms with Crippen molar-refractivity contribution in [1.82, 2.24) is 10.2 Å². The Hall–Kier alpha value is -2.46. The number of carbonyl (C=O) groups is 2. The molecule has 9 heteroatoms. The van der Waals surface area contributed by atoms with E-state index >= 15 is 0 Å². The van der Waals surface area contributed by atoms with Crippen LogP contribution in [0.5, 0.6) is 5.75 Å². The van der Waals surface area contributed by atoms with Crippen LogP contribution in [0, 0.1) is 5.21 Å². The monoisotopic (exact) mass is 407 g/mol. The van der Waals surface area contributed by atoms with Crippen LogP contribution in [0.1, 0.15) is 12.0 Å². The van der Waals surface area contributed by atoms with E-state index in [0.29, 0.717) is 25.2 Å². The Kier molecular flexibility index (Phi) is 8.59. The van der Waals surface area contributed by atoms with Gasteiger partial charge in [0, 0.05) is 56.9 Å². The number of hydrogen-bond acceptors (Lipinski definition) is 6. The fourth-order valence-corrected chi connectivity index (χ4v) is 3.38. The van der Waals surface area contributed by atoms with Crippen molar-refractivity contribution in [1.29, 1.82) is 0 Å². The first-order chi connectivity index (χ1) is 13.7. The zero-order chi connectivity index (χ0) is 21.3. The van der Waals surface area contributed by atoms with Crippen molar-refractivity contribution in [3.05, 3.63) is 47.2 Å². The van der Waals surface area contributed by atoms with Crippen LogP contribution in [0.4, 0.5) is 0 Å². The van der Waals surface area contributed by atoms with Crippen molar-refractivity contribution in [2.24, 2.45) is 0 Å². The van der Waals surface area contributed by atoms with Crippen molar-refractivity contribution < 1.29 is 29.2 Å². The largest absolute Gasteiger partial charge is 0.633 e. The van der Waals surface area contributed by atoms with Crippen molar-refractivity contribution in [2.75, 3.05) is 46.3 Å². The molecule has 0 saturated carbocycles. The number of hydrogen-bond donors (Lipinski definition) is 3. The fourth-order valence-electron chi connectivity index (χ4n) is 3.38. The van der Waals surface area contributed by atoms with E-state index in [1.54, 1.807) is 7.05 Å². The maximum absolute atomic E-state index is 12.6. The maximum atomic E-state index is 12.6. The van der Waals surface area contributed by atoms with Gasteiger partial charge in [0.2, 0.25) is 0 Å². The predicted molar refractivity (Wildman–Crippen MR) is 107 cm³/mol. The Balaban J connectivity index is 0.000000321. The summed E-state index contributed by atoms with van der Waals surface area (Å²) in [5.74, 6) is -1.62. The van der Waals surface area contributed by atoms with Crippen LogP contribution in [0.2, 0.25) is 0 Å². The van der Waals surface area contributed by atoms with E-state index in [2.05, 4.69) is 10.2 Å². The highest BCUT2D eigenvalue weighted by Crippen LogP contribution is 2.28. The molecule has 2 unspecified atom stereocenters. The summed E-state index contributed by atoms with van der Waals surface area (Å²) in [6.07, 6.45) is 2.04. The molecule has 0 bridgehead atoms. The normalized spacial score (nSPS) is 24.6. The molecule has 3 rings (SSSR count). The molecule has 0 spiro atoms. The average Bonchev–Trinajstić information content (AvgIpc) is 2.80. The molecule has 1 saturated heterocycles. The number of quaternary nitrogens is 1. The van der Waals surface area contributed by atoms with Gasteiger partial charge in [-0.2, -0.15) is 0 Å². The Labute approximate surface area is 170 Å². The van der Waals surface area contributed by atoms with Crippen LogP contribution >= 0.6 is 0 Å². The van der Waals surface area contributed by atoms with Crippen molar-refractivity contribution in [2.45, 2.75) is 19.1 Å². The first-order valence-electron chi connectivity index (χ1n) is 9.62. The van der Waals surface area contributed by atoms with Crippen molar-refractivity contribution in [3.8, 4) is 5.75 Å². The highest BCUT2D eigenvalue weighted by molar-refractivity contribution is 5.89. The van der Waals surface area contributed by atoms with E-state index in [0.717, 1.165) is 50.5 Å². The Bertz CT molecular complexity index is 700. The van der Waals surface area contributed by atoms with Crippen LogP contribution < -0.4 is 10.1 Å². The Morgan fingerprint density at radius 1 is 1.24 bits per heavy atom. The average molecular weight is 407 g/mol. The van der Waals surface area contributed by atoms with Gasteiger partial charge in [-0.3, -0.25) is 0 Å². The number of ether oxygens (including phenoxy) is 1. The number of carboxylic acid groups (broad SMARTS) is 2. The lowest BCUT2D eigenvalue weighted by molar-refractivity contribution is -0.875. The van der Waals surface area contributed by atoms with E-state index in [4.69, 9.17) is 14.9 Å². The minimum atomic E-state index is -1.26. The third-order valence-electron chi connectivity index (χ3n) is 4.71. The second kappa shape index (κ2) is 10.9. The van der Waals surface area contributed by atoms with Crippen LogP contribution in [-0.2, 0) is 16.1 Å². The summed E-state index contributed by atoms with van der Waals surface area (Å²) >= 11 is 0. The van der Waals surface area contributed by atoms with Gasteiger partial charge in [-0.05, 0) is 12.1 Å². The maximum Gasteiger partial charge on any atom is 0.328 e. The summed E-state index contributed by atoms with van der Waals surface area (Å²) in [5.41, 5.74) is 1.03. The Morgan fingerprint density at radius 2 is 1.86 bits per heavy atom. The number of piperazine rings is 1. The molecule has 160 valence electrons. The van der Waals surface area contributed by atoms with E-state index in [1.807, 2.05) is 24.3 Å². The zero-order valence-corrected chi connectivity index (χ0v) is 16.6. The number of nitrogens with one attached hydrogen (secondary N) is 1. The van der Waals surface area contributed by atoms with Crippen molar-refractivity contribution >= 4 is 11.9 Å². The molecule has 29 heavy (non-hydrogen) atoms. The second-order valence-electron chi connectivity index (χ2n) is 7.38. The first kappa shape index (κ1) is 22.8. The first-order valence-corrected chi connectivity index (χ1v) is 9.62. The van der Waals surface area contributed by atoms with Gasteiger partial charge in [-0.1, -0.05) is 12.1 Å². The molecule has 3 N–H and O–H groups in total. The lowest BCUT2D eigenvalue weighted by atomic mass is 10.2.